The van der Waals surface area contributed by atoms with E-state index in [2.05, 4.69) is 10.3 Å². The van der Waals surface area contributed by atoms with Crippen LogP contribution < -0.4 is 10.4 Å². The SMILES string of the molecule is O=C([O-])/C=C/C(=O)Nc1nccs1. The van der Waals surface area contributed by atoms with Gasteiger partial charge in [0.15, 0.2) is 5.13 Å². The van der Waals surface area contributed by atoms with Gasteiger partial charge in [-0.2, -0.15) is 0 Å². The summed E-state index contributed by atoms with van der Waals surface area (Å²) in [6, 6.07) is 0. The lowest BCUT2D eigenvalue weighted by atomic mass is 10.5. The quantitative estimate of drug-likeness (QED) is 0.655. The van der Waals surface area contributed by atoms with E-state index >= 15 is 0 Å². The molecule has 1 amide bonds. The average Bonchev–Trinajstić information content (AvgIpc) is 2.53. The Kier molecular flexibility index (Phi) is 3.15. The van der Waals surface area contributed by atoms with E-state index in [9.17, 15) is 14.7 Å². The van der Waals surface area contributed by atoms with Gasteiger partial charge in [-0.3, -0.25) is 10.1 Å². The van der Waals surface area contributed by atoms with E-state index < -0.39 is 11.9 Å². The summed E-state index contributed by atoms with van der Waals surface area (Å²) in [6.45, 7) is 0. The van der Waals surface area contributed by atoms with E-state index in [1.807, 2.05) is 0 Å². The number of hydrogen-bond donors (Lipinski definition) is 1. The molecule has 0 spiro atoms. The number of carboxylic acid groups (broad SMARTS) is 1. The van der Waals surface area contributed by atoms with Gasteiger partial charge in [-0.25, -0.2) is 4.98 Å². The zero-order valence-corrected chi connectivity index (χ0v) is 7.21. The Bertz CT molecular complexity index is 332. The Balaban J connectivity index is 2.47. The van der Waals surface area contributed by atoms with Crippen LogP contribution in [0, 0.1) is 0 Å². The van der Waals surface area contributed by atoms with Gasteiger partial charge in [0.05, 0.1) is 5.97 Å². The molecule has 5 nitrogen and oxygen atoms in total. The summed E-state index contributed by atoms with van der Waals surface area (Å²) in [7, 11) is 0. The van der Waals surface area contributed by atoms with E-state index in [-0.39, 0.29) is 0 Å². The second kappa shape index (κ2) is 4.36. The monoisotopic (exact) mass is 197 g/mol. The molecular formula is C7H5N2O3S-. The van der Waals surface area contributed by atoms with Gasteiger partial charge in [-0.15, -0.1) is 11.3 Å². The molecule has 6 heteroatoms. The number of anilines is 1. The van der Waals surface area contributed by atoms with Crippen molar-refractivity contribution >= 4 is 28.3 Å². The molecule has 1 aromatic rings. The summed E-state index contributed by atoms with van der Waals surface area (Å²) in [5, 5.41) is 14.4. The lowest BCUT2D eigenvalue weighted by Crippen LogP contribution is -2.20. The number of aromatic nitrogens is 1. The Labute approximate surface area is 77.7 Å². The molecule has 0 aliphatic heterocycles. The number of hydrogen-bond acceptors (Lipinski definition) is 5. The van der Waals surface area contributed by atoms with Gasteiger partial charge in [0.1, 0.15) is 0 Å². The molecule has 0 unspecified atom stereocenters. The maximum absolute atomic E-state index is 10.9. The van der Waals surface area contributed by atoms with Gasteiger partial charge >= 0.3 is 0 Å². The van der Waals surface area contributed by atoms with E-state index in [1.54, 1.807) is 5.38 Å². The van der Waals surface area contributed by atoms with Crippen LogP contribution in [0.1, 0.15) is 0 Å². The molecule has 0 radical (unpaired) electrons. The van der Waals surface area contributed by atoms with Crippen molar-refractivity contribution < 1.29 is 14.7 Å². The Morgan fingerprint density at radius 3 is 2.85 bits per heavy atom. The molecule has 0 saturated heterocycles. The predicted molar refractivity (Wildman–Crippen MR) is 44.9 cm³/mol. The first-order chi connectivity index (χ1) is 6.18. The Morgan fingerprint density at radius 2 is 2.31 bits per heavy atom. The summed E-state index contributed by atoms with van der Waals surface area (Å²) in [5.74, 6) is -1.95. The predicted octanol–water partition coefficient (Wildman–Crippen LogP) is -0.612. The number of nitrogens with one attached hydrogen (secondary N) is 1. The minimum absolute atomic E-state index is 0.424. The van der Waals surface area contributed by atoms with Crippen molar-refractivity contribution in [2.75, 3.05) is 5.32 Å². The van der Waals surface area contributed by atoms with Crippen LogP contribution in [0.5, 0.6) is 0 Å². The van der Waals surface area contributed by atoms with Crippen molar-refractivity contribution in [1.29, 1.82) is 0 Å². The molecule has 1 heterocycles. The van der Waals surface area contributed by atoms with Crippen molar-refractivity contribution in [3.05, 3.63) is 23.7 Å². The first-order valence-electron chi connectivity index (χ1n) is 3.28. The van der Waals surface area contributed by atoms with Crippen molar-refractivity contribution in [3.63, 3.8) is 0 Å². The van der Waals surface area contributed by atoms with Crippen molar-refractivity contribution in [1.82, 2.24) is 4.98 Å². The number of thiazole rings is 1. The van der Waals surface area contributed by atoms with Crippen LogP contribution >= 0.6 is 11.3 Å². The highest BCUT2D eigenvalue weighted by Gasteiger charge is 1.97. The van der Waals surface area contributed by atoms with Gasteiger partial charge in [-0.1, -0.05) is 0 Å². The normalized spacial score (nSPS) is 10.2. The summed E-state index contributed by atoms with van der Waals surface area (Å²) >= 11 is 1.25. The first kappa shape index (κ1) is 9.40. The van der Waals surface area contributed by atoms with Gasteiger partial charge in [0, 0.05) is 17.7 Å². The first-order valence-corrected chi connectivity index (χ1v) is 4.16. The average molecular weight is 197 g/mol. The van der Waals surface area contributed by atoms with Crippen LogP contribution in [0.15, 0.2) is 23.7 Å². The molecule has 0 aliphatic rings. The standard InChI is InChI=1S/C7H6N2O3S/c10-5(1-2-6(11)12)9-7-8-3-4-13-7/h1-4H,(H,11,12)(H,8,9,10)/p-1/b2-1+. The van der Waals surface area contributed by atoms with Crippen LogP contribution in [0.3, 0.4) is 0 Å². The number of carbonyl (C=O) groups is 2. The summed E-state index contributed by atoms with van der Waals surface area (Å²) in [5.41, 5.74) is 0. The molecule has 0 aromatic carbocycles. The van der Waals surface area contributed by atoms with Crippen molar-refractivity contribution in [3.8, 4) is 0 Å². The smallest absolute Gasteiger partial charge is 0.250 e. The largest absolute Gasteiger partial charge is 0.545 e. The number of aliphatic carboxylic acids is 1. The van der Waals surface area contributed by atoms with Gasteiger partial charge < -0.3 is 9.90 Å². The molecule has 1 aromatic heterocycles. The molecule has 68 valence electrons. The van der Waals surface area contributed by atoms with Crippen molar-refractivity contribution in [2.24, 2.45) is 0 Å². The van der Waals surface area contributed by atoms with Crippen LogP contribution in [-0.4, -0.2) is 16.9 Å². The third-order valence-electron chi connectivity index (χ3n) is 1.03. The van der Waals surface area contributed by atoms with Crippen molar-refractivity contribution in [2.45, 2.75) is 0 Å². The molecule has 0 atom stereocenters. The number of nitrogens with zero attached hydrogens (tertiary/aromatic N) is 1. The molecule has 13 heavy (non-hydrogen) atoms. The summed E-state index contributed by atoms with van der Waals surface area (Å²) in [4.78, 5) is 24.6. The summed E-state index contributed by atoms with van der Waals surface area (Å²) in [6.07, 6.45) is 3.06. The zero-order valence-electron chi connectivity index (χ0n) is 6.39. The van der Waals surface area contributed by atoms with Gasteiger partial charge in [-0.05, 0) is 6.08 Å². The molecule has 0 fully saturated rings. The molecule has 0 bridgehead atoms. The number of carboxylic acids is 1. The minimum Gasteiger partial charge on any atom is -0.545 e. The Morgan fingerprint density at radius 1 is 1.54 bits per heavy atom. The fourth-order valence-corrected chi connectivity index (χ4v) is 1.11. The molecule has 1 N–H and O–H groups in total. The van der Waals surface area contributed by atoms with E-state index in [0.717, 1.165) is 6.08 Å². The lowest BCUT2D eigenvalue weighted by molar-refractivity contribution is -0.297. The van der Waals surface area contributed by atoms with E-state index in [1.165, 1.54) is 17.5 Å². The third-order valence-corrected chi connectivity index (χ3v) is 1.72. The highest BCUT2D eigenvalue weighted by molar-refractivity contribution is 7.13. The number of carbonyl (C=O) groups excluding carboxylic acids is 2. The summed E-state index contributed by atoms with van der Waals surface area (Å²) < 4.78 is 0. The van der Waals surface area contributed by atoms with Crippen LogP contribution in [-0.2, 0) is 9.59 Å². The maximum Gasteiger partial charge on any atom is 0.250 e. The second-order valence-corrected chi connectivity index (χ2v) is 2.87. The topological polar surface area (TPSA) is 82.1 Å². The molecule has 1 rings (SSSR count). The van der Waals surface area contributed by atoms with E-state index in [0.29, 0.717) is 11.2 Å². The van der Waals surface area contributed by atoms with E-state index in [4.69, 9.17) is 0 Å². The second-order valence-electron chi connectivity index (χ2n) is 1.98. The van der Waals surface area contributed by atoms with Gasteiger partial charge in [0.25, 0.3) is 0 Å². The maximum atomic E-state index is 10.9. The molecule has 0 saturated carbocycles. The number of amides is 1. The van der Waals surface area contributed by atoms with Crippen LogP contribution in [0.4, 0.5) is 5.13 Å². The van der Waals surface area contributed by atoms with Crippen LogP contribution in [0.2, 0.25) is 0 Å². The fourth-order valence-electron chi connectivity index (χ4n) is 0.576. The third kappa shape index (κ3) is 3.48. The lowest BCUT2D eigenvalue weighted by Gasteiger charge is -1.95. The zero-order chi connectivity index (χ0) is 9.68. The minimum atomic E-state index is -1.41. The number of rotatable bonds is 3. The molecule has 0 aliphatic carbocycles. The van der Waals surface area contributed by atoms with Crippen LogP contribution in [0.25, 0.3) is 0 Å². The van der Waals surface area contributed by atoms with Gasteiger partial charge in [0.2, 0.25) is 5.91 Å². The molecular weight excluding hydrogens is 192 g/mol. The highest BCUT2D eigenvalue weighted by atomic mass is 32.1. The highest BCUT2D eigenvalue weighted by Crippen LogP contribution is 2.09. The fraction of sp³-hybridized carbons (Fsp3) is 0. The Hall–Kier alpha value is -1.69.